The summed E-state index contributed by atoms with van der Waals surface area (Å²) in [5.74, 6) is 1.06. The van der Waals surface area contributed by atoms with Gasteiger partial charge in [-0.1, -0.05) is 12.1 Å². The molecule has 3 aromatic rings. The molecule has 3 N–H and O–H groups in total. The third-order valence-electron chi connectivity index (χ3n) is 11.2. The standard InChI is InChI=1S/C14H17N3O2.C12H13NO4.B29/c18-5-3-11-1-2-14-13(7-11)17(4-6-19-14)9-12-8-15-10-16-12;1-2-16-12(15)6-8-3-4-10-9(5-8)13-11(14)7-17-10;1-16-24(17(2)3)28(25(18(4)5)19(6)7)29(26(20(8)9)21(10)11)27(22(12)13)23(14)15/h1-2,7-8,10,18H,3-6,9H2,(H,15,16);3-5H,2,6-7H2,1H3,(H,13,14);. The third-order valence-corrected chi connectivity index (χ3v) is 11.2. The van der Waals surface area contributed by atoms with Crippen molar-refractivity contribution in [3.63, 3.8) is 0 Å². The van der Waals surface area contributed by atoms with Gasteiger partial charge in [-0.05, 0) is 48.7 Å². The SMILES string of the molecule is CCOC(=O)Cc1ccc2c(c1)NC(=O)CO2.OCCc1ccc2c(c1)N(Cc1cnc[nH]1)CCO2.[B][B]B(B([B])[B])B(B(B([B])[B])B([B])[B])B(B(B([B])[B])B([B])[B])B(B([B])[B])B([B])[B]. The molecular weight excluding hydrogens is 778 g/mol. The Bertz CT molecular complexity index is 1850. The largest absolute Gasteiger partial charge is 0.490 e. The fourth-order valence-corrected chi connectivity index (χ4v) is 8.33. The molecule has 277 valence electrons. The molecule has 2 aliphatic rings. The van der Waals surface area contributed by atoms with Crippen LogP contribution in [0.15, 0.2) is 48.9 Å². The zero-order valence-electron chi connectivity index (χ0n) is 36.9. The van der Waals surface area contributed by atoms with Crippen LogP contribution in [-0.4, -0.2) is 266 Å². The van der Waals surface area contributed by atoms with Crippen LogP contribution in [-0.2, 0) is 33.7 Å². The molecule has 1 aromatic heterocycles. The first-order valence-corrected chi connectivity index (χ1v) is 21.2. The van der Waals surface area contributed by atoms with E-state index in [2.05, 4.69) is 26.3 Å². The molecule has 0 spiro atoms. The van der Waals surface area contributed by atoms with Crippen molar-refractivity contribution in [3.8, 4) is 11.5 Å². The van der Waals surface area contributed by atoms with Gasteiger partial charge in [0, 0.05) is 219 Å². The minimum Gasteiger partial charge on any atom is -0.490 e. The average molecular weight is 808 g/mol. The summed E-state index contributed by atoms with van der Waals surface area (Å²) in [6, 6.07) is 11.3. The van der Waals surface area contributed by atoms with Gasteiger partial charge in [-0.2, -0.15) is 0 Å². The summed E-state index contributed by atoms with van der Waals surface area (Å²) >= 11 is 0. The van der Waals surface area contributed by atoms with Crippen LogP contribution in [0.25, 0.3) is 0 Å². The first-order chi connectivity index (χ1) is 30.7. The van der Waals surface area contributed by atoms with E-state index in [4.69, 9.17) is 135 Å². The highest BCUT2D eigenvalue weighted by molar-refractivity contribution is 8.26. The van der Waals surface area contributed by atoms with Gasteiger partial charge in [0.1, 0.15) is 18.1 Å². The molecule has 2 aliphatic heterocycles. The predicted molar refractivity (Wildman–Crippen MR) is 300 cm³/mol. The maximum absolute atomic E-state index is 11.3. The maximum Gasteiger partial charge on any atom is 0.310 e. The number of nitrogens with one attached hydrogen (secondary N) is 2. The number of carbonyl (C=O) groups is 2. The fourth-order valence-electron chi connectivity index (χ4n) is 8.33. The van der Waals surface area contributed by atoms with Crippen molar-refractivity contribution in [2.24, 2.45) is 0 Å². The van der Waals surface area contributed by atoms with Gasteiger partial charge in [0.2, 0.25) is 0 Å². The summed E-state index contributed by atoms with van der Waals surface area (Å²) < 4.78 is 15.7. The van der Waals surface area contributed by atoms with Gasteiger partial charge >= 0.3 is 5.97 Å². The molecule has 0 fully saturated rings. The molecule has 0 saturated heterocycles. The lowest BCUT2D eigenvalue weighted by molar-refractivity contribution is -0.142. The number of esters is 1. The van der Waals surface area contributed by atoms with Crippen molar-refractivity contribution in [2.75, 3.05) is 43.2 Å². The molecule has 0 saturated carbocycles. The van der Waals surface area contributed by atoms with Crippen LogP contribution in [0.5, 0.6) is 11.5 Å². The monoisotopic (exact) mass is 813 g/mol. The molecular formula is C26H30B29N4O6. The lowest BCUT2D eigenvalue weighted by atomic mass is 8.32. The van der Waals surface area contributed by atoms with Crippen molar-refractivity contribution in [2.45, 2.75) is 26.3 Å². The molecule has 1 amide bonds. The smallest absolute Gasteiger partial charge is 0.310 e. The molecule has 31 radical (unpaired) electrons. The summed E-state index contributed by atoms with van der Waals surface area (Å²) in [5.41, 5.74) is 4.68. The van der Waals surface area contributed by atoms with E-state index in [0.29, 0.717) is 31.1 Å². The summed E-state index contributed by atoms with van der Waals surface area (Å²) in [6.45, 7) is 4.67. The van der Waals surface area contributed by atoms with E-state index >= 15 is 0 Å². The highest BCUT2D eigenvalue weighted by Crippen LogP contribution is 2.33. The van der Waals surface area contributed by atoms with Crippen LogP contribution in [0.3, 0.4) is 0 Å². The molecule has 3 heterocycles. The zero-order valence-corrected chi connectivity index (χ0v) is 36.9. The molecule has 0 unspecified atom stereocenters. The number of aliphatic hydroxyl groups is 1. The van der Waals surface area contributed by atoms with Gasteiger partial charge in [0.25, 0.3) is 5.91 Å². The number of hydrogen-bond donors (Lipinski definition) is 3. The van der Waals surface area contributed by atoms with Crippen molar-refractivity contribution in [3.05, 3.63) is 65.7 Å². The summed E-state index contributed by atoms with van der Waals surface area (Å²) in [5, 5.41) is 11.7. The van der Waals surface area contributed by atoms with E-state index in [1.807, 2.05) is 18.3 Å². The molecule has 10 nitrogen and oxygen atoms in total. The number of ether oxygens (including phenoxy) is 3. The number of carbonyl (C=O) groups excluding carboxylic acids is 2. The Kier molecular flexibility index (Phi) is 24.9. The molecule has 39 heteroatoms. The second kappa shape index (κ2) is 28.4. The fraction of sp³-hybridized carbons (Fsp3) is 0.346. The number of aromatic amines is 1. The molecule has 65 heavy (non-hydrogen) atoms. The quantitative estimate of drug-likeness (QED) is 0.0761. The molecule has 0 aliphatic carbocycles. The predicted octanol–water partition coefficient (Wildman–Crippen LogP) is -8.58. The van der Waals surface area contributed by atoms with Crippen molar-refractivity contribution in [1.29, 1.82) is 0 Å². The van der Waals surface area contributed by atoms with Gasteiger partial charge in [-0.25, -0.2) is 4.98 Å². The maximum atomic E-state index is 11.3. The van der Waals surface area contributed by atoms with Crippen molar-refractivity contribution in [1.82, 2.24) is 9.97 Å². The lowest BCUT2D eigenvalue weighted by Crippen LogP contribution is -2.87. The molecule has 5 rings (SSSR count). The van der Waals surface area contributed by atoms with Crippen LogP contribution in [0.4, 0.5) is 11.4 Å². The number of anilines is 2. The Morgan fingerprint density at radius 2 is 1.35 bits per heavy atom. The number of aliphatic hydroxyl groups excluding tert-OH is 1. The lowest BCUT2D eigenvalue weighted by Gasteiger charge is -2.49. The minimum absolute atomic E-state index is 0.0320. The Balaban J connectivity index is 0.000000270. The number of amides is 1. The van der Waals surface area contributed by atoms with Crippen LogP contribution in [0.1, 0.15) is 23.7 Å². The van der Waals surface area contributed by atoms with Crippen molar-refractivity contribution < 1.29 is 28.9 Å². The average Bonchev–Trinajstić information content (AvgIpc) is 3.73. The zero-order chi connectivity index (χ0) is 48.5. The van der Waals surface area contributed by atoms with Crippen LogP contribution in [0.2, 0.25) is 0 Å². The second-order valence-corrected chi connectivity index (χ2v) is 16.0. The molecule has 2 aromatic carbocycles. The Morgan fingerprint density at radius 3 is 1.86 bits per heavy atom. The summed E-state index contributed by atoms with van der Waals surface area (Å²) in [4.78, 5) is 31.9. The molecule has 0 atom stereocenters. The number of benzene rings is 2. The van der Waals surface area contributed by atoms with E-state index in [-0.39, 0.29) is 31.5 Å². The number of H-pyrrole nitrogens is 1. The van der Waals surface area contributed by atoms with Gasteiger partial charge in [-0.3, -0.25) is 9.59 Å². The van der Waals surface area contributed by atoms with E-state index in [1.54, 1.807) is 31.5 Å². The number of hydrogen-bond acceptors (Lipinski definition) is 8. The third kappa shape index (κ3) is 17.1. The summed E-state index contributed by atoms with van der Waals surface area (Å²) in [6.07, 6.45) is -7.47. The van der Waals surface area contributed by atoms with Gasteiger partial charge in [0.15, 0.2) is 6.61 Å². The Hall–Kier alpha value is -2.17. The van der Waals surface area contributed by atoms with Crippen LogP contribution in [0, 0.1) is 0 Å². The first-order valence-electron chi connectivity index (χ1n) is 21.2. The number of fused-ring (bicyclic) bond motifs is 2. The van der Waals surface area contributed by atoms with Gasteiger partial charge in [0.05, 0.1) is 49.5 Å². The van der Waals surface area contributed by atoms with E-state index in [9.17, 15) is 9.59 Å². The number of rotatable bonds is 20. The van der Waals surface area contributed by atoms with E-state index in [0.717, 1.165) is 41.3 Å². The highest BCUT2D eigenvalue weighted by Gasteiger charge is 2.51. The topological polar surface area (TPSA) is 126 Å². The Labute approximate surface area is 412 Å². The first kappa shape index (κ1) is 57.2. The van der Waals surface area contributed by atoms with Crippen LogP contribution >= 0.6 is 0 Å². The number of imidazole rings is 1. The van der Waals surface area contributed by atoms with Crippen LogP contribution < -0.4 is 19.7 Å². The number of nitrogens with zero attached hydrogens (tertiary/aromatic N) is 2. The van der Waals surface area contributed by atoms with Gasteiger partial charge < -0.3 is 34.5 Å². The minimum atomic E-state index is -1.03. The van der Waals surface area contributed by atoms with Crippen molar-refractivity contribution >= 4 is 229 Å². The Morgan fingerprint density at radius 1 is 0.785 bits per heavy atom. The second-order valence-electron chi connectivity index (χ2n) is 16.0. The van der Waals surface area contributed by atoms with E-state index < -0.39 is 83.0 Å². The van der Waals surface area contributed by atoms with Gasteiger partial charge in [-0.15, -0.1) is 0 Å². The van der Waals surface area contributed by atoms with E-state index in [1.165, 1.54) is 7.06 Å². The number of aromatic nitrogens is 2. The normalized spacial score (nSPS) is 11.8. The molecule has 0 bridgehead atoms. The highest BCUT2D eigenvalue weighted by atomic mass is 16.5. The summed E-state index contributed by atoms with van der Waals surface area (Å²) in [7, 11) is 91.2.